The van der Waals surface area contributed by atoms with Gasteiger partial charge in [0, 0.05) is 17.6 Å². The van der Waals surface area contributed by atoms with Crippen LogP contribution in [0.4, 0.5) is 4.79 Å². The number of benzene rings is 1. The van der Waals surface area contributed by atoms with Crippen LogP contribution >= 0.6 is 11.6 Å². The van der Waals surface area contributed by atoms with Gasteiger partial charge in [0.05, 0.1) is 12.3 Å². The van der Waals surface area contributed by atoms with E-state index in [1.54, 1.807) is 29.2 Å². The van der Waals surface area contributed by atoms with Gasteiger partial charge in [-0.15, -0.1) is 0 Å². The number of carbonyl (C=O) groups is 1. The number of hydrogen-bond acceptors (Lipinski definition) is 4. The molecule has 22 heavy (non-hydrogen) atoms. The second-order valence-corrected chi connectivity index (χ2v) is 7.87. The summed E-state index contributed by atoms with van der Waals surface area (Å²) in [6.45, 7) is 0.553. The fourth-order valence-electron chi connectivity index (χ4n) is 2.40. The van der Waals surface area contributed by atoms with Crippen LogP contribution in [0.3, 0.4) is 0 Å². The van der Waals surface area contributed by atoms with Gasteiger partial charge in [0.1, 0.15) is 6.10 Å². The molecule has 1 aliphatic heterocycles. The second kappa shape index (κ2) is 6.06. The van der Waals surface area contributed by atoms with Crippen molar-refractivity contribution in [1.82, 2.24) is 9.62 Å². The SMILES string of the molecule is O=C1OC(CNS(=O)(=O)Cc2ccc(Cl)cc2)CN1C1CC1. The maximum absolute atomic E-state index is 12.1. The Bertz CT molecular complexity index is 658. The Hall–Kier alpha value is -1.31. The zero-order valence-corrected chi connectivity index (χ0v) is 13.4. The van der Waals surface area contributed by atoms with Crippen LogP contribution < -0.4 is 4.72 Å². The van der Waals surface area contributed by atoms with E-state index in [-0.39, 0.29) is 24.4 Å². The molecule has 2 fully saturated rings. The van der Waals surface area contributed by atoms with Gasteiger partial charge in [-0.3, -0.25) is 0 Å². The van der Waals surface area contributed by atoms with Crippen LogP contribution in [0.25, 0.3) is 0 Å². The Labute approximate surface area is 134 Å². The Balaban J connectivity index is 1.52. The van der Waals surface area contributed by atoms with Crippen molar-refractivity contribution in [2.75, 3.05) is 13.1 Å². The number of nitrogens with zero attached hydrogens (tertiary/aromatic N) is 1. The molecule has 120 valence electrons. The van der Waals surface area contributed by atoms with E-state index in [2.05, 4.69) is 4.72 Å². The molecular weight excluding hydrogens is 328 g/mol. The molecular formula is C14H17ClN2O4S. The molecule has 1 aromatic rings. The molecule has 6 nitrogen and oxygen atoms in total. The Morgan fingerprint density at radius 1 is 1.27 bits per heavy atom. The quantitative estimate of drug-likeness (QED) is 0.853. The molecule has 1 atom stereocenters. The first-order chi connectivity index (χ1) is 10.4. The van der Waals surface area contributed by atoms with Crippen molar-refractivity contribution in [3.63, 3.8) is 0 Å². The van der Waals surface area contributed by atoms with Crippen LogP contribution in [0.15, 0.2) is 24.3 Å². The predicted molar refractivity (Wildman–Crippen MR) is 82.1 cm³/mol. The van der Waals surface area contributed by atoms with Crippen molar-refractivity contribution in [3.05, 3.63) is 34.9 Å². The summed E-state index contributed by atoms with van der Waals surface area (Å²) >= 11 is 5.77. The van der Waals surface area contributed by atoms with Crippen LogP contribution in [-0.2, 0) is 20.5 Å². The molecule has 1 saturated heterocycles. The molecule has 1 N–H and O–H groups in total. The van der Waals surface area contributed by atoms with E-state index in [1.807, 2.05) is 0 Å². The first-order valence-corrected chi connectivity index (χ1v) is 9.15. The van der Waals surface area contributed by atoms with Gasteiger partial charge in [-0.1, -0.05) is 23.7 Å². The van der Waals surface area contributed by atoms with Gasteiger partial charge in [-0.25, -0.2) is 17.9 Å². The summed E-state index contributed by atoms with van der Waals surface area (Å²) in [7, 11) is -3.48. The molecule has 8 heteroatoms. The topological polar surface area (TPSA) is 75.7 Å². The average molecular weight is 345 g/mol. The van der Waals surface area contributed by atoms with Crippen molar-refractivity contribution in [1.29, 1.82) is 0 Å². The molecule has 1 aromatic carbocycles. The minimum Gasteiger partial charge on any atom is -0.443 e. The highest BCUT2D eigenvalue weighted by molar-refractivity contribution is 7.88. The van der Waals surface area contributed by atoms with E-state index in [0.717, 1.165) is 12.8 Å². The molecule has 1 saturated carbocycles. The van der Waals surface area contributed by atoms with E-state index in [0.29, 0.717) is 17.1 Å². The van der Waals surface area contributed by atoms with Crippen LogP contribution in [0.5, 0.6) is 0 Å². The minimum absolute atomic E-state index is 0.102. The number of hydrogen-bond donors (Lipinski definition) is 1. The van der Waals surface area contributed by atoms with Crippen LogP contribution in [0, 0.1) is 0 Å². The number of halogens is 1. The second-order valence-electron chi connectivity index (χ2n) is 5.62. The van der Waals surface area contributed by atoms with E-state index in [4.69, 9.17) is 16.3 Å². The number of nitrogens with one attached hydrogen (secondary N) is 1. The van der Waals surface area contributed by atoms with E-state index < -0.39 is 16.1 Å². The summed E-state index contributed by atoms with van der Waals surface area (Å²) < 4.78 is 31.8. The molecule has 0 spiro atoms. The molecule has 1 aliphatic carbocycles. The summed E-state index contributed by atoms with van der Waals surface area (Å²) in [5.74, 6) is -0.128. The molecule has 1 amide bonds. The number of carbonyl (C=O) groups excluding carboxylic acids is 1. The van der Waals surface area contributed by atoms with Gasteiger partial charge in [-0.05, 0) is 30.5 Å². The van der Waals surface area contributed by atoms with Crippen molar-refractivity contribution in [2.45, 2.75) is 30.7 Å². The van der Waals surface area contributed by atoms with Gasteiger partial charge in [0.2, 0.25) is 10.0 Å². The predicted octanol–water partition coefficient (Wildman–Crippen LogP) is 1.74. The Morgan fingerprint density at radius 3 is 2.59 bits per heavy atom. The Kier molecular flexibility index (Phi) is 4.29. The van der Waals surface area contributed by atoms with Gasteiger partial charge >= 0.3 is 6.09 Å². The fourth-order valence-corrected chi connectivity index (χ4v) is 3.70. The summed E-state index contributed by atoms with van der Waals surface area (Å²) in [5, 5.41) is 0.562. The van der Waals surface area contributed by atoms with Crippen molar-refractivity contribution in [2.24, 2.45) is 0 Å². The third-order valence-electron chi connectivity index (χ3n) is 3.69. The van der Waals surface area contributed by atoms with Crippen molar-refractivity contribution >= 4 is 27.7 Å². The van der Waals surface area contributed by atoms with Gasteiger partial charge in [0.25, 0.3) is 0 Å². The maximum atomic E-state index is 12.1. The summed E-state index contributed by atoms with van der Waals surface area (Å²) in [4.78, 5) is 13.3. The van der Waals surface area contributed by atoms with Crippen LogP contribution in [-0.4, -0.2) is 44.6 Å². The van der Waals surface area contributed by atoms with Crippen LogP contribution in [0.1, 0.15) is 18.4 Å². The zero-order valence-electron chi connectivity index (χ0n) is 11.9. The fraction of sp³-hybridized carbons (Fsp3) is 0.500. The molecule has 1 unspecified atom stereocenters. The highest BCUT2D eigenvalue weighted by Crippen LogP contribution is 2.30. The summed E-state index contributed by atoms with van der Waals surface area (Å²) in [6.07, 6.45) is 1.24. The normalized spacial score (nSPS) is 22.0. The summed E-state index contributed by atoms with van der Waals surface area (Å²) in [5.41, 5.74) is 0.653. The van der Waals surface area contributed by atoms with Crippen molar-refractivity contribution < 1.29 is 17.9 Å². The van der Waals surface area contributed by atoms with E-state index in [9.17, 15) is 13.2 Å². The van der Waals surface area contributed by atoms with E-state index in [1.165, 1.54) is 0 Å². The third-order valence-corrected chi connectivity index (χ3v) is 5.26. The van der Waals surface area contributed by atoms with Crippen LogP contribution in [0.2, 0.25) is 5.02 Å². The molecule has 2 aliphatic rings. The van der Waals surface area contributed by atoms with Gasteiger partial charge < -0.3 is 9.64 Å². The molecule has 1 heterocycles. The number of amides is 1. The summed E-state index contributed by atoms with van der Waals surface area (Å²) in [6, 6.07) is 6.93. The number of ether oxygens (including phenoxy) is 1. The molecule has 3 rings (SSSR count). The third kappa shape index (κ3) is 3.91. The molecule has 0 aromatic heterocycles. The standard InChI is InChI=1S/C14H17ClN2O4S/c15-11-3-1-10(2-4-11)9-22(19,20)16-7-13-8-17(12-5-6-12)14(18)21-13/h1-4,12-13,16H,5-9H2. The number of sulfonamides is 1. The first-order valence-electron chi connectivity index (χ1n) is 7.12. The van der Waals surface area contributed by atoms with Crippen molar-refractivity contribution in [3.8, 4) is 0 Å². The lowest BCUT2D eigenvalue weighted by molar-refractivity contribution is 0.133. The smallest absolute Gasteiger partial charge is 0.410 e. The highest BCUT2D eigenvalue weighted by atomic mass is 35.5. The lowest BCUT2D eigenvalue weighted by Crippen LogP contribution is -2.35. The molecule has 0 bridgehead atoms. The number of rotatable bonds is 6. The number of cyclic esters (lactones) is 1. The van der Waals surface area contributed by atoms with E-state index >= 15 is 0 Å². The largest absolute Gasteiger partial charge is 0.443 e. The average Bonchev–Trinajstić information content (AvgIpc) is 3.23. The first kappa shape index (κ1) is 15.6. The minimum atomic E-state index is -3.48. The molecule has 0 radical (unpaired) electrons. The zero-order chi connectivity index (χ0) is 15.7. The van der Waals surface area contributed by atoms with Gasteiger partial charge in [-0.2, -0.15) is 0 Å². The Morgan fingerprint density at radius 2 is 1.95 bits per heavy atom. The lowest BCUT2D eigenvalue weighted by Gasteiger charge is -2.12. The lowest BCUT2D eigenvalue weighted by atomic mass is 10.2. The van der Waals surface area contributed by atoms with Gasteiger partial charge in [0.15, 0.2) is 0 Å². The monoisotopic (exact) mass is 344 g/mol. The maximum Gasteiger partial charge on any atom is 0.410 e. The highest BCUT2D eigenvalue weighted by Gasteiger charge is 2.41.